The summed E-state index contributed by atoms with van der Waals surface area (Å²) in [6, 6.07) is 20.8. The first-order valence-electron chi connectivity index (χ1n) is 9.73. The quantitative estimate of drug-likeness (QED) is 0.438. The Morgan fingerprint density at radius 1 is 1.00 bits per heavy atom. The van der Waals surface area contributed by atoms with Gasteiger partial charge in [-0.05, 0) is 48.7 Å². The van der Waals surface area contributed by atoms with Gasteiger partial charge in [-0.3, -0.25) is 4.79 Å². The molecule has 1 atom stereocenters. The number of nitrogens with one attached hydrogen (secondary N) is 1. The third-order valence-electron chi connectivity index (χ3n) is 4.98. The van der Waals surface area contributed by atoms with E-state index < -0.39 is 11.0 Å². The average Bonchev–Trinajstić information content (AvgIpc) is 2.78. The number of aryl methyl sites for hydroxylation is 2. The number of benzene rings is 3. The van der Waals surface area contributed by atoms with E-state index in [1.165, 1.54) is 5.41 Å². The van der Waals surface area contributed by atoms with Gasteiger partial charge in [0.05, 0.1) is 0 Å². The number of fused-ring (bicyclic) bond motifs is 1. The van der Waals surface area contributed by atoms with Gasteiger partial charge in [-0.2, -0.15) is 0 Å². The summed E-state index contributed by atoms with van der Waals surface area (Å²) in [4.78, 5) is 12.6. The van der Waals surface area contributed by atoms with Gasteiger partial charge in [0, 0.05) is 40.9 Å². The molecule has 0 aliphatic carbocycles. The topological polar surface area (TPSA) is 60.3 Å². The Bertz CT molecular complexity index is 1360. The van der Waals surface area contributed by atoms with Crippen LogP contribution in [0.15, 0.2) is 89.7 Å². The van der Waals surface area contributed by atoms with Gasteiger partial charge in [-0.25, -0.2) is 4.21 Å². The Labute approximate surface area is 183 Å². The molecule has 0 amide bonds. The molecule has 156 valence electrons. The Hall–Kier alpha value is -3.64. The zero-order chi connectivity index (χ0) is 22.0. The molecule has 1 unspecified atom stereocenters. The van der Waals surface area contributed by atoms with E-state index in [2.05, 4.69) is 11.3 Å². The van der Waals surface area contributed by atoms with E-state index >= 15 is 0 Å². The summed E-state index contributed by atoms with van der Waals surface area (Å²) in [6.07, 6.45) is 1.80. The molecule has 4 rings (SSSR count). The van der Waals surface area contributed by atoms with E-state index in [1.54, 1.807) is 23.9 Å². The molecule has 5 nitrogen and oxygen atoms in total. The van der Waals surface area contributed by atoms with Crippen LogP contribution < -0.4 is 15.0 Å². The lowest BCUT2D eigenvalue weighted by atomic mass is 9.99. The zero-order valence-corrected chi connectivity index (χ0v) is 18.1. The van der Waals surface area contributed by atoms with Crippen molar-refractivity contribution in [2.75, 3.05) is 4.72 Å². The van der Waals surface area contributed by atoms with Gasteiger partial charge in [0.15, 0.2) is 0 Å². The SMILES string of the molecule is C=CS(=O)Nc1ccc(Oc2ccc(C)cc2)c(-c2cn(C)c(=O)c3ccccc23)c1. The lowest BCUT2D eigenvalue weighted by Crippen LogP contribution is -2.16. The van der Waals surface area contributed by atoms with Crippen molar-refractivity contribution in [3.63, 3.8) is 0 Å². The van der Waals surface area contributed by atoms with Crippen molar-refractivity contribution in [2.45, 2.75) is 6.92 Å². The average molecular weight is 431 g/mol. The maximum atomic E-state index is 12.6. The standard InChI is InChI=1S/C25H22N2O3S/c1-4-31(29)26-18-11-14-24(30-19-12-9-17(2)10-13-19)22(15-18)23-16-27(3)25(28)21-8-6-5-7-20(21)23/h4-16,26H,1H2,2-3H3. The molecule has 0 spiro atoms. The third-order valence-corrected chi connectivity index (χ3v) is 5.72. The molecule has 3 aromatic carbocycles. The minimum Gasteiger partial charge on any atom is -0.457 e. The Morgan fingerprint density at radius 2 is 1.71 bits per heavy atom. The van der Waals surface area contributed by atoms with E-state index in [0.717, 1.165) is 22.1 Å². The highest BCUT2D eigenvalue weighted by molar-refractivity contribution is 7.89. The highest BCUT2D eigenvalue weighted by Gasteiger charge is 2.15. The fraction of sp³-hybridized carbons (Fsp3) is 0.0800. The number of hydrogen-bond donors (Lipinski definition) is 1. The van der Waals surface area contributed by atoms with E-state index in [0.29, 0.717) is 22.6 Å². The minimum absolute atomic E-state index is 0.0672. The van der Waals surface area contributed by atoms with E-state index in [1.807, 2.05) is 67.6 Å². The molecule has 0 aliphatic heterocycles. The van der Waals surface area contributed by atoms with Crippen molar-refractivity contribution in [3.05, 3.63) is 101 Å². The monoisotopic (exact) mass is 430 g/mol. The van der Waals surface area contributed by atoms with Crippen molar-refractivity contribution in [3.8, 4) is 22.6 Å². The van der Waals surface area contributed by atoms with Crippen LogP contribution in [0.5, 0.6) is 11.5 Å². The molecule has 0 aliphatic rings. The van der Waals surface area contributed by atoms with E-state index in [-0.39, 0.29) is 5.56 Å². The van der Waals surface area contributed by atoms with Crippen molar-refractivity contribution < 1.29 is 8.95 Å². The number of nitrogens with zero attached hydrogens (tertiary/aromatic N) is 1. The van der Waals surface area contributed by atoms with Gasteiger partial charge < -0.3 is 14.0 Å². The van der Waals surface area contributed by atoms with Gasteiger partial charge in [-0.15, -0.1) is 0 Å². The van der Waals surface area contributed by atoms with Crippen LogP contribution in [0.3, 0.4) is 0 Å². The Kier molecular flexibility index (Phi) is 5.73. The molecule has 4 aromatic rings. The largest absolute Gasteiger partial charge is 0.457 e. The molecular formula is C25H22N2O3S. The molecule has 6 heteroatoms. The van der Waals surface area contributed by atoms with Crippen LogP contribution in [-0.4, -0.2) is 8.78 Å². The molecule has 31 heavy (non-hydrogen) atoms. The second-order valence-electron chi connectivity index (χ2n) is 7.20. The molecule has 0 saturated carbocycles. The van der Waals surface area contributed by atoms with Crippen LogP contribution in [0.2, 0.25) is 0 Å². The van der Waals surface area contributed by atoms with Crippen molar-refractivity contribution in [1.29, 1.82) is 0 Å². The fourth-order valence-corrected chi connectivity index (χ4v) is 3.86. The second-order valence-corrected chi connectivity index (χ2v) is 8.33. The number of ether oxygens (including phenoxy) is 1. The summed E-state index contributed by atoms with van der Waals surface area (Å²) < 4.78 is 22.6. The lowest BCUT2D eigenvalue weighted by molar-refractivity contribution is 0.484. The van der Waals surface area contributed by atoms with Gasteiger partial charge in [-0.1, -0.05) is 42.5 Å². The molecular weight excluding hydrogens is 408 g/mol. The maximum absolute atomic E-state index is 12.6. The van der Waals surface area contributed by atoms with Crippen LogP contribution in [0, 0.1) is 6.92 Å². The summed E-state index contributed by atoms with van der Waals surface area (Å²) in [6.45, 7) is 5.57. The second kappa shape index (κ2) is 8.62. The summed E-state index contributed by atoms with van der Waals surface area (Å²) in [5.74, 6) is 1.33. The molecule has 0 saturated heterocycles. The van der Waals surface area contributed by atoms with Crippen molar-refractivity contribution in [1.82, 2.24) is 4.57 Å². The summed E-state index contributed by atoms with van der Waals surface area (Å²) >= 11 is 0. The highest BCUT2D eigenvalue weighted by atomic mass is 32.2. The van der Waals surface area contributed by atoms with E-state index in [4.69, 9.17) is 4.74 Å². The molecule has 0 bridgehead atoms. The maximum Gasteiger partial charge on any atom is 0.258 e. The van der Waals surface area contributed by atoms with Crippen LogP contribution in [-0.2, 0) is 18.0 Å². The molecule has 1 aromatic heterocycles. The normalized spacial score (nSPS) is 11.8. The lowest BCUT2D eigenvalue weighted by Gasteiger charge is -2.16. The number of hydrogen-bond acceptors (Lipinski definition) is 3. The predicted molar refractivity (Wildman–Crippen MR) is 128 cm³/mol. The van der Waals surface area contributed by atoms with Crippen LogP contribution >= 0.6 is 0 Å². The van der Waals surface area contributed by atoms with Gasteiger partial charge in [0.25, 0.3) is 5.56 Å². The number of anilines is 1. The summed E-state index contributed by atoms with van der Waals surface area (Å²) in [5.41, 5.74) is 3.35. The molecule has 1 heterocycles. The minimum atomic E-state index is -1.41. The molecule has 0 radical (unpaired) electrons. The summed E-state index contributed by atoms with van der Waals surface area (Å²) in [7, 11) is 0.323. The first-order valence-corrected chi connectivity index (χ1v) is 10.9. The van der Waals surface area contributed by atoms with Crippen molar-refractivity contribution in [2.24, 2.45) is 7.05 Å². The predicted octanol–water partition coefficient (Wildman–Crippen LogP) is 5.53. The fourth-order valence-electron chi connectivity index (χ4n) is 3.41. The van der Waals surface area contributed by atoms with Gasteiger partial charge in [0.1, 0.15) is 22.5 Å². The first-order chi connectivity index (χ1) is 15.0. The van der Waals surface area contributed by atoms with E-state index in [9.17, 15) is 9.00 Å². The Balaban J connectivity index is 1.93. The number of aromatic nitrogens is 1. The third kappa shape index (κ3) is 4.29. The number of rotatable bonds is 6. The van der Waals surface area contributed by atoms with Gasteiger partial charge in [0.2, 0.25) is 0 Å². The smallest absolute Gasteiger partial charge is 0.258 e. The summed E-state index contributed by atoms with van der Waals surface area (Å²) in [5, 5.41) is 2.77. The molecule has 1 N–H and O–H groups in total. The van der Waals surface area contributed by atoms with Crippen LogP contribution in [0.25, 0.3) is 21.9 Å². The van der Waals surface area contributed by atoms with Gasteiger partial charge >= 0.3 is 0 Å². The highest BCUT2D eigenvalue weighted by Crippen LogP contribution is 2.38. The Morgan fingerprint density at radius 3 is 2.42 bits per heavy atom. The van der Waals surface area contributed by atoms with Crippen LogP contribution in [0.1, 0.15) is 5.56 Å². The van der Waals surface area contributed by atoms with Crippen LogP contribution in [0.4, 0.5) is 5.69 Å². The first kappa shape index (κ1) is 20.6. The number of pyridine rings is 1. The van der Waals surface area contributed by atoms with Crippen molar-refractivity contribution >= 4 is 27.4 Å². The molecule has 0 fully saturated rings. The zero-order valence-electron chi connectivity index (χ0n) is 17.3.